The molecule has 0 aliphatic carbocycles. The van der Waals surface area contributed by atoms with E-state index in [0.717, 1.165) is 0 Å². The van der Waals surface area contributed by atoms with E-state index >= 15 is 0 Å². The fourth-order valence-corrected chi connectivity index (χ4v) is 3.29. The minimum atomic E-state index is -1.14. The van der Waals surface area contributed by atoms with Crippen molar-refractivity contribution in [2.75, 3.05) is 12.9 Å². The van der Waals surface area contributed by atoms with Gasteiger partial charge in [-0.3, -0.25) is 4.79 Å². The molecule has 26 heavy (non-hydrogen) atoms. The molecule has 2 heterocycles. The summed E-state index contributed by atoms with van der Waals surface area (Å²) in [7, 11) is 1.22. The van der Waals surface area contributed by atoms with Crippen LogP contribution in [0.4, 0.5) is 0 Å². The normalized spacial score (nSPS) is 18.7. The van der Waals surface area contributed by atoms with Crippen molar-refractivity contribution in [1.29, 1.82) is 0 Å². The molecule has 0 bridgehead atoms. The van der Waals surface area contributed by atoms with E-state index < -0.39 is 29.2 Å². The van der Waals surface area contributed by atoms with E-state index in [2.05, 4.69) is 20.6 Å². The van der Waals surface area contributed by atoms with Gasteiger partial charge in [-0.25, -0.2) is 4.79 Å². The zero-order chi connectivity index (χ0) is 19.3. The molecule has 0 radical (unpaired) electrons. The maximum Gasteiger partial charge on any atom is 0.351 e. The van der Waals surface area contributed by atoms with Gasteiger partial charge in [0, 0.05) is 11.8 Å². The number of nitrogens with zero attached hydrogens (tertiary/aromatic N) is 1. The first-order chi connectivity index (χ1) is 12.4. The van der Waals surface area contributed by atoms with Crippen molar-refractivity contribution in [3.05, 3.63) is 29.2 Å². The molecule has 0 fully saturated rings. The Labute approximate surface area is 152 Å². The van der Waals surface area contributed by atoms with E-state index in [4.69, 9.17) is 4.42 Å². The van der Waals surface area contributed by atoms with Crippen molar-refractivity contribution in [3.63, 3.8) is 0 Å². The summed E-state index contributed by atoms with van der Waals surface area (Å²) in [5.74, 6) is -2.01. The van der Waals surface area contributed by atoms with E-state index in [-0.39, 0.29) is 17.2 Å². The Kier molecular flexibility index (Phi) is 6.28. The Hall–Kier alpha value is -2.95. The Morgan fingerprint density at radius 1 is 1.54 bits per heavy atom. The number of carboxylic acids is 1. The van der Waals surface area contributed by atoms with Crippen LogP contribution in [0.2, 0.25) is 0 Å². The van der Waals surface area contributed by atoms with Crippen molar-refractivity contribution in [3.8, 4) is 5.95 Å². The molecule has 1 amide bonds. The second-order valence-corrected chi connectivity index (χ2v) is 6.36. The highest BCUT2D eigenvalue weighted by Gasteiger charge is 2.31. The van der Waals surface area contributed by atoms with Gasteiger partial charge in [-0.15, -0.1) is 11.8 Å². The summed E-state index contributed by atoms with van der Waals surface area (Å²) in [4.78, 5) is 39.8. The van der Waals surface area contributed by atoms with Gasteiger partial charge in [0.15, 0.2) is 5.76 Å². The number of hydrogen-bond donors (Lipinski definition) is 4. The number of oxime groups is 1. The van der Waals surface area contributed by atoms with Crippen LogP contribution in [0.3, 0.4) is 0 Å². The Bertz CT molecular complexity index is 771. The molecule has 11 heteroatoms. The fourth-order valence-electron chi connectivity index (χ4n) is 2.18. The number of rotatable bonds is 7. The smallest absolute Gasteiger partial charge is 0.351 e. The lowest BCUT2D eigenvalue weighted by Gasteiger charge is -2.30. The highest BCUT2D eigenvalue weighted by Crippen LogP contribution is 2.24. The molecule has 2 atom stereocenters. The highest BCUT2D eigenvalue weighted by molar-refractivity contribution is 8.00. The molecule has 4 N–H and O–H groups in total. The van der Waals surface area contributed by atoms with Crippen LogP contribution < -0.4 is 10.6 Å². The lowest BCUT2D eigenvalue weighted by molar-refractivity contribution is -0.133. The van der Waals surface area contributed by atoms with Gasteiger partial charge in [-0.1, -0.05) is 5.16 Å². The van der Waals surface area contributed by atoms with Crippen molar-refractivity contribution in [1.82, 2.24) is 10.6 Å². The molecule has 0 saturated heterocycles. The van der Waals surface area contributed by atoms with Crippen molar-refractivity contribution < 1.29 is 33.9 Å². The third-order valence-corrected chi connectivity index (χ3v) is 4.77. The Morgan fingerprint density at radius 3 is 2.81 bits per heavy atom. The van der Waals surface area contributed by atoms with Gasteiger partial charge in [0.1, 0.15) is 30.5 Å². The average molecular weight is 383 g/mol. The number of aliphatic carboxylic acids is 1. The second-order valence-electron chi connectivity index (χ2n) is 5.23. The number of aldehydes is 1. The van der Waals surface area contributed by atoms with Crippen molar-refractivity contribution in [2.45, 2.75) is 18.3 Å². The second kappa shape index (κ2) is 8.43. The quantitative estimate of drug-likeness (QED) is 0.291. The standard InChI is InChI=1S/C15H17N3O7S/c1-7-6-26-14(17-11(7)15(22)23)8(5-19)16-13(21)12(18-24-2)9-3-4-10(20)25-9/h3-5,8,14,17,20H,6H2,1-2H3,(H,16,21)(H,22,23)/b18-12-/t8-,14-/m1/s1. The van der Waals surface area contributed by atoms with Crippen molar-refractivity contribution in [2.24, 2.45) is 5.16 Å². The molecule has 0 saturated carbocycles. The summed E-state index contributed by atoms with van der Waals surface area (Å²) in [5.41, 5.74) is 0.338. The van der Waals surface area contributed by atoms with Gasteiger partial charge in [0.05, 0.1) is 0 Å². The summed E-state index contributed by atoms with van der Waals surface area (Å²) in [6.07, 6.45) is 0.493. The molecular formula is C15H17N3O7S. The maximum absolute atomic E-state index is 12.4. The summed E-state index contributed by atoms with van der Waals surface area (Å²) in [6.45, 7) is 1.67. The fraction of sp³-hybridized carbons (Fsp3) is 0.333. The van der Waals surface area contributed by atoms with Crippen molar-refractivity contribution >= 4 is 35.6 Å². The van der Waals surface area contributed by atoms with Crippen LogP contribution in [-0.2, 0) is 19.2 Å². The summed E-state index contributed by atoms with van der Waals surface area (Å²) in [6, 6.07) is 1.49. The minimum Gasteiger partial charge on any atom is -0.481 e. The number of aromatic hydroxyl groups is 1. The van der Waals surface area contributed by atoms with Crippen LogP contribution in [0.1, 0.15) is 12.7 Å². The average Bonchev–Trinajstić information content (AvgIpc) is 3.03. The van der Waals surface area contributed by atoms with E-state index in [9.17, 15) is 24.6 Å². The molecule has 2 rings (SSSR count). The van der Waals surface area contributed by atoms with Gasteiger partial charge < -0.3 is 34.9 Å². The maximum atomic E-state index is 12.4. The summed E-state index contributed by atoms with van der Waals surface area (Å²) >= 11 is 1.28. The van der Waals surface area contributed by atoms with E-state index in [1.807, 2.05) is 0 Å². The van der Waals surface area contributed by atoms with Crippen LogP contribution in [0, 0.1) is 0 Å². The first kappa shape index (κ1) is 19.4. The van der Waals surface area contributed by atoms with Gasteiger partial charge >= 0.3 is 5.97 Å². The highest BCUT2D eigenvalue weighted by atomic mass is 32.2. The lowest BCUT2D eigenvalue weighted by Crippen LogP contribution is -2.52. The molecule has 0 unspecified atom stereocenters. The number of thioether (sulfide) groups is 1. The molecule has 0 aromatic carbocycles. The molecule has 10 nitrogen and oxygen atoms in total. The number of furan rings is 1. The van der Waals surface area contributed by atoms with Gasteiger partial charge in [0.2, 0.25) is 5.71 Å². The third-order valence-electron chi connectivity index (χ3n) is 3.40. The Morgan fingerprint density at radius 2 is 2.27 bits per heavy atom. The number of hydrogen-bond acceptors (Lipinski definition) is 9. The first-order valence-electron chi connectivity index (χ1n) is 7.35. The van der Waals surface area contributed by atoms with Gasteiger partial charge in [-0.05, 0) is 18.6 Å². The topological polar surface area (TPSA) is 150 Å². The summed E-state index contributed by atoms with van der Waals surface area (Å²) in [5, 5.41) is 26.5. The van der Waals surface area contributed by atoms with Crippen LogP contribution in [0.5, 0.6) is 5.95 Å². The molecule has 0 spiro atoms. The number of carboxylic acid groups (broad SMARTS) is 1. The lowest BCUT2D eigenvalue weighted by atomic mass is 10.2. The van der Waals surface area contributed by atoms with Crippen LogP contribution >= 0.6 is 11.8 Å². The number of nitrogens with one attached hydrogen (secondary N) is 2. The molecule has 140 valence electrons. The molecule has 1 aromatic rings. The zero-order valence-electron chi connectivity index (χ0n) is 13.9. The molecule has 1 aliphatic rings. The molecule has 1 aromatic heterocycles. The van der Waals surface area contributed by atoms with Crippen LogP contribution in [-0.4, -0.2) is 58.4 Å². The van der Waals surface area contributed by atoms with Crippen LogP contribution in [0.15, 0.2) is 33.0 Å². The molecular weight excluding hydrogens is 366 g/mol. The predicted molar refractivity (Wildman–Crippen MR) is 91.6 cm³/mol. The molecule has 1 aliphatic heterocycles. The van der Waals surface area contributed by atoms with Gasteiger partial charge in [-0.2, -0.15) is 0 Å². The van der Waals surface area contributed by atoms with Gasteiger partial charge in [0.25, 0.3) is 11.9 Å². The third kappa shape index (κ3) is 4.36. The zero-order valence-corrected chi connectivity index (χ0v) is 14.7. The SMILES string of the molecule is CO/N=C(\C(=O)N[C@H](C=O)[C@@H]1NC(C(=O)O)=C(C)CS1)c1ccc(O)o1. The van der Waals surface area contributed by atoms with E-state index in [1.54, 1.807) is 6.92 Å². The van der Waals surface area contributed by atoms with Crippen LogP contribution in [0.25, 0.3) is 0 Å². The first-order valence-corrected chi connectivity index (χ1v) is 8.40. The van der Waals surface area contributed by atoms with E-state index in [1.165, 1.54) is 31.0 Å². The monoisotopic (exact) mass is 383 g/mol. The summed E-state index contributed by atoms with van der Waals surface area (Å²) < 4.78 is 4.93. The number of carbonyl (C=O) groups excluding carboxylic acids is 2. The largest absolute Gasteiger partial charge is 0.481 e. The number of carbonyl (C=O) groups is 3. The minimum absolute atomic E-state index is 0.00316. The Balaban J connectivity index is 2.16. The van der Waals surface area contributed by atoms with E-state index in [0.29, 0.717) is 17.6 Å². The number of amides is 1. The predicted octanol–water partition coefficient (Wildman–Crippen LogP) is 0.0405.